The molecule has 0 aliphatic rings. The van der Waals surface area contributed by atoms with E-state index < -0.39 is 0 Å². The molecular formula is C16H30N2+2. The first kappa shape index (κ1) is 17.0. The molecule has 0 aromatic carbocycles. The zero-order chi connectivity index (χ0) is 13.6. The van der Waals surface area contributed by atoms with Crippen molar-refractivity contribution >= 4 is 0 Å². The van der Waals surface area contributed by atoms with Gasteiger partial charge in [-0.1, -0.05) is 24.7 Å². The van der Waals surface area contributed by atoms with Crippen LogP contribution in [-0.4, -0.2) is 41.3 Å². The number of rotatable bonds is 7. The summed E-state index contributed by atoms with van der Waals surface area (Å²) in [5, 5.41) is 0. The summed E-state index contributed by atoms with van der Waals surface area (Å²) in [6.45, 7) is 1.92. The molecule has 0 bridgehead atoms. The number of unbranched alkanes of at least 4 members (excludes halogenated alkanes) is 5. The van der Waals surface area contributed by atoms with E-state index in [1.54, 1.807) is 0 Å². The zero-order valence-electron chi connectivity index (χ0n) is 12.7. The molecule has 0 amide bonds. The molecule has 0 atom stereocenters. The third kappa shape index (κ3) is 15.0. The fraction of sp³-hybridized carbons (Fsp3) is 0.750. The zero-order valence-corrected chi connectivity index (χ0v) is 12.7. The highest BCUT2D eigenvalue weighted by Gasteiger charge is 1.89. The first-order chi connectivity index (χ1) is 8.63. The number of quaternary nitrogens is 2. The summed E-state index contributed by atoms with van der Waals surface area (Å²) in [5.74, 6) is 12.9. The van der Waals surface area contributed by atoms with Crippen molar-refractivity contribution in [2.45, 2.75) is 38.5 Å². The molecule has 18 heavy (non-hydrogen) atoms. The van der Waals surface area contributed by atoms with Crippen LogP contribution in [0.2, 0.25) is 0 Å². The van der Waals surface area contributed by atoms with E-state index in [0.29, 0.717) is 0 Å². The Balaban J connectivity index is 3.24. The van der Waals surface area contributed by atoms with Gasteiger partial charge in [0.05, 0.1) is 28.2 Å². The summed E-state index contributed by atoms with van der Waals surface area (Å²) in [6.07, 6.45) is 7.19. The van der Waals surface area contributed by atoms with Crippen molar-refractivity contribution in [1.82, 2.24) is 0 Å². The lowest BCUT2D eigenvalue weighted by Crippen LogP contribution is -3.05. The molecule has 2 N–H and O–H groups in total. The fourth-order valence-electron chi connectivity index (χ4n) is 1.44. The van der Waals surface area contributed by atoms with E-state index in [4.69, 9.17) is 0 Å². The van der Waals surface area contributed by atoms with E-state index in [9.17, 15) is 0 Å². The Kier molecular flexibility index (Phi) is 11.8. The maximum absolute atomic E-state index is 3.24. The van der Waals surface area contributed by atoms with Gasteiger partial charge in [-0.25, -0.2) is 0 Å². The van der Waals surface area contributed by atoms with Gasteiger partial charge in [-0.15, -0.1) is 0 Å². The third-order valence-electron chi connectivity index (χ3n) is 2.49. The molecule has 2 nitrogen and oxygen atoms in total. The quantitative estimate of drug-likeness (QED) is 0.450. The first-order valence-corrected chi connectivity index (χ1v) is 7.12. The Labute approximate surface area is 114 Å². The third-order valence-corrected chi connectivity index (χ3v) is 2.49. The molecular weight excluding hydrogens is 220 g/mol. The number of hydrogen-bond donors (Lipinski definition) is 2. The average Bonchev–Trinajstić information content (AvgIpc) is 2.29. The smallest absolute Gasteiger partial charge is 0.138 e. The monoisotopic (exact) mass is 250 g/mol. The largest absolute Gasteiger partial charge is 0.330 e. The van der Waals surface area contributed by atoms with Gasteiger partial charge in [0, 0.05) is 12.8 Å². The van der Waals surface area contributed by atoms with Gasteiger partial charge in [0.15, 0.2) is 0 Å². The second-order valence-corrected chi connectivity index (χ2v) is 5.39. The standard InChI is InChI=1S/C16H28N2/c1-17(2)15-13-11-9-7-5-6-8-10-12-14-16-18(3)4/h5-10,15-16H2,1-4H3/p+2. The lowest BCUT2D eigenvalue weighted by Gasteiger charge is -1.99. The Morgan fingerprint density at radius 1 is 0.556 bits per heavy atom. The minimum absolute atomic E-state index is 0.962. The highest BCUT2D eigenvalue weighted by atomic mass is 15.0. The van der Waals surface area contributed by atoms with Gasteiger partial charge in [0.25, 0.3) is 0 Å². The molecule has 0 fully saturated rings. The van der Waals surface area contributed by atoms with Crippen molar-refractivity contribution in [1.29, 1.82) is 0 Å². The first-order valence-electron chi connectivity index (χ1n) is 7.12. The van der Waals surface area contributed by atoms with E-state index in [-0.39, 0.29) is 0 Å². The molecule has 0 saturated carbocycles. The highest BCUT2D eigenvalue weighted by Crippen LogP contribution is 2.03. The van der Waals surface area contributed by atoms with Gasteiger partial charge >= 0.3 is 0 Å². The normalized spacial score (nSPS) is 9.89. The minimum atomic E-state index is 0.962. The molecule has 0 aliphatic heterocycles. The van der Waals surface area contributed by atoms with Gasteiger partial charge in [-0.3, -0.25) is 0 Å². The predicted octanol–water partition coefficient (Wildman–Crippen LogP) is -0.377. The molecule has 0 aromatic heterocycles. The molecule has 0 rings (SSSR count). The van der Waals surface area contributed by atoms with Crippen LogP contribution in [-0.2, 0) is 0 Å². The van der Waals surface area contributed by atoms with Crippen LogP contribution in [0.25, 0.3) is 0 Å². The van der Waals surface area contributed by atoms with E-state index in [2.05, 4.69) is 51.9 Å². The molecule has 2 heteroatoms. The van der Waals surface area contributed by atoms with Crippen molar-refractivity contribution < 1.29 is 9.80 Å². The summed E-state index contributed by atoms with van der Waals surface area (Å²) >= 11 is 0. The van der Waals surface area contributed by atoms with Crippen molar-refractivity contribution in [2.24, 2.45) is 0 Å². The Hall–Kier alpha value is -0.960. The van der Waals surface area contributed by atoms with Crippen LogP contribution in [0.1, 0.15) is 38.5 Å². The van der Waals surface area contributed by atoms with E-state index in [1.165, 1.54) is 35.5 Å². The van der Waals surface area contributed by atoms with Crippen LogP contribution in [0.4, 0.5) is 0 Å². The Morgan fingerprint density at radius 2 is 0.944 bits per heavy atom. The second-order valence-electron chi connectivity index (χ2n) is 5.39. The Bertz CT molecular complexity index is 265. The summed E-state index contributed by atoms with van der Waals surface area (Å²) in [5.41, 5.74) is 0. The maximum Gasteiger partial charge on any atom is 0.138 e. The van der Waals surface area contributed by atoms with Gasteiger partial charge in [-0.05, 0) is 24.7 Å². The van der Waals surface area contributed by atoms with Crippen LogP contribution in [0.3, 0.4) is 0 Å². The molecule has 102 valence electrons. The molecule has 0 spiro atoms. The summed E-state index contributed by atoms with van der Waals surface area (Å²) in [7, 11) is 8.53. The van der Waals surface area contributed by atoms with Crippen LogP contribution in [0.5, 0.6) is 0 Å². The molecule has 0 aliphatic carbocycles. The Morgan fingerprint density at radius 3 is 1.28 bits per heavy atom. The van der Waals surface area contributed by atoms with Crippen LogP contribution < -0.4 is 9.80 Å². The second kappa shape index (κ2) is 12.5. The average molecular weight is 250 g/mol. The van der Waals surface area contributed by atoms with Gasteiger partial charge in [-0.2, -0.15) is 0 Å². The molecule has 0 saturated heterocycles. The lowest BCUT2D eigenvalue weighted by molar-refractivity contribution is -0.850. The van der Waals surface area contributed by atoms with Crippen molar-refractivity contribution in [3.05, 3.63) is 0 Å². The summed E-state index contributed by atoms with van der Waals surface area (Å²) in [6, 6.07) is 0. The fourth-order valence-corrected chi connectivity index (χ4v) is 1.44. The maximum atomic E-state index is 3.24. The highest BCUT2D eigenvalue weighted by molar-refractivity contribution is 4.99. The van der Waals surface area contributed by atoms with Crippen LogP contribution in [0, 0.1) is 23.7 Å². The summed E-state index contributed by atoms with van der Waals surface area (Å²) < 4.78 is 0. The van der Waals surface area contributed by atoms with Crippen molar-refractivity contribution in [3.8, 4) is 23.7 Å². The molecule has 0 heterocycles. The van der Waals surface area contributed by atoms with Crippen LogP contribution >= 0.6 is 0 Å². The predicted molar refractivity (Wildman–Crippen MR) is 78.6 cm³/mol. The van der Waals surface area contributed by atoms with Crippen molar-refractivity contribution in [2.75, 3.05) is 41.3 Å². The van der Waals surface area contributed by atoms with Crippen molar-refractivity contribution in [3.63, 3.8) is 0 Å². The molecule has 0 unspecified atom stereocenters. The summed E-state index contributed by atoms with van der Waals surface area (Å²) in [4.78, 5) is 2.81. The molecule has 0 aromatic rings. The van der Waals surface area contributed by atoms with E-state index >= 15 is 0 Å². The topological polar surface area (TPSA) is 8.88 Å². The lowest BCUT2D eigenvalue weighted by atomic mass is 10.1. The number of hydrogen-bond acceptors (Lipinski definition) is 0. The van der Waals surface area contributed by atoms with Crippen LogP contribution in [0.15, 0.2) is 0 Å². The van der Waals surface area contributed by atoms with Gasteiger partial charge in [0.2, 0.25) is 0 Å². The van der Waals surface area contributed by atoms with E-state index in [0.717, 1.165) is 25.9 Å². The van der Waals surface area contributed by atoms with Gasteiger partial charge in [0.1, 0.15) is 13.1 Å². The SMILES string of the molecule is C[NH+](C)CC#CCCCCCCC#CC[NH+](C)C. The van der Waals surface area contributed by atoms with E-state index in [1.807, 2.05) is 0 Å². The molecule has 0 radical (unpaired) electrons. The minimum Gasteiger partial charge on any atom is -0.330 e. The number of nitrogens with one attached hydrogen (secondary N) is 2. The van der Waals surface area contributed by atoms with Gasteiger partial charge < -0.3 is 9.80 Å².